The van der Waals surface area contributed by atoms with Crippen molar-refractivity contribution < 1.29 is 20.8 Å². The van der Waals surface area contributed by atoms with E-state index in [1.54, 1.807) is 0 Å². The van der Waals surface area contributed by atoms with Crippen LogP contribution in [-0.4, -0.2) is 16.0 Å². The van der Waals surface area contributed by atoms with Crippen LogP contribution >= 0.6 is 0 Å². The second-order valence-corrected chi connectivity index (χ2v) is 3.54. The highest BCUT2D eigenvalue weighted by Crippen LogP contribution is 2.24. The Hall–Kier alpha value is -2.36. The summed E-state index contributed by atoms with van der Waals surface area (Å²) in [5.41, 5.74) is 0.335. The molecular formula is C13H11FO3. The molecule has 2 N–H and O–H groups in total. The fourth-order valence-electron chi connectivity index (χ4n) is 1.47. The molecule has 0 aromatic heterocycles. The third kappa shape index (κ3) is 2.25. The number of rotatable bonds is 2. The molecule has 17 heavy (non-hydrogen) atoms. The second kappa shape index (κ2) is 4.25. The van der Waals surface area contributed by atoms with Crippen LogP contribution in [0.1, 0.15) is 17.3 Å². The average molecular weight is 234 g/mol. The molecule has 2 aromatic rings. The fraction of sp³-hybridized carbons (Fsp3) is 0. The van der Waals surface area contributed by atoms with E-state index in [1.165, 1.54) is 36.4 Å². The summed E-state index contributed by atoms with van der Waals surface area (Å²) in [7, 11) is 0. The predicted octanol–water partition coefficient (Wildman–Crippen LogP) is 2.71. The number of phenols is 2. The van der Waals surface area contributed by atoms with Crippen molar-refractivity contribution in [3.05, 3.63) is 59.4 Å². The fourth-order valence-corrected chi connectivity index (χ4v) is 1.47. The number of hydrogen-bond acceptors (Lipinski definition) is 3. The standard InChI is InChI=1S/C13H9FO3.H2/c14-9-3-1-8(2-4-9)13(17)11-6-5-10(15)7-12(11)16;/h1-7,15-16H;1H. The van der Waals surface area contributed by atoms with Gasteiger partial charge in [-0.05, 0) is 36.4 Å². The summed E-state index contributed by atoms with van der Waals surface area (Å²) in [4.78, 5) is 11.9. The molecular weight excluding hydrogens is 223 g/mol. The molecule has 2 aromatic carbocycles. The van der Waals surface area contributed by atoms with Gasteiger partial charge in [0.1, 0.15) is 17.3 Å². The molecule has 0 amide bonds. The zero-order valence-corrected chi connectivity index (χ0v) is 8.72. The Labute approximate surface area is 98.3 Å². The molecule has 0 fully saturated rings. The van der Waals surface area contributed by atoms with Gasteiger partial charge in [0, 0.05) is 13.1 Å². The van der Waals surface area contributed by atoms with Crippen LogP contribution in [0.3, 0.4) is 0 Å². The molecule has 0 radical (unpaired) electrons. The Morgan fingerprint density at radius 2 is 1.71 bits per heavy atom. The van der Waals surface area contributed by atoms with E-state index in [0.29, 0.717) is 0 Å². The van der Waals surface area contributed by atoms with E-state index in [2.05, 4.69) is 0 Å². The molecule has 0 spiro atoms. The lowest BCUT2D eigenvalue weighted by Gasteiger charge is -2.04. The zero-order valence-electron chi connectivity index (χ0n) is 8.72. The number of aromatic hydroxyl groups is 2. The van der Waals surface area contributed by atoms with Gasteiger partial charge in [0.25, 0.3) is 0 Å². The third-order valence-corrected chi connectivity index (χ3v) is 2.33. The van der Waals surface area contributed by atoms with E-state index < -0.39 is 11.6 Å². The molecule has 0 aliphatic heterocycles. The van der Waals surface area contributed by atoms with Gasteiger partial charge in [-0.1, -0.05) is 0 Å². The second-order valence-electron chi connectivity index (χ2n) is 3.54. The van der Waals surface area contributed by atoms with Gasteiger partial charge in [-0.25, -0.2) is 4.39 Å². The molecule has 0 atom stereocenters. The molecule has 0 bridgehead atoms. The van der Waals surface area contributed by atoms with Crippen molar-refractivity contribution in [3.8, 4) is 11.5 Å². The quantitative estimate of drug-likeness (QED) is 0.785. The molecule has 3 nitrogen and oxygen atoms in total. The Morgan fingerprint density at radius 3 is 2.29 bits per heavy atom. The summed E-state index contributed by atoms with van der Waals surface area (Å²) < 4.78 is 12.7. The largest absolute Gasteiger partial charge is 0.508 e. The SMILES string of the molecule is O=C(c1ccc(F)cc1)c1ccc(O)cc1O.[HH]. The van der Waals surface area contributed by atoms with Gasteiger partial charge in [-0.3, -0.25) is 4.79 Å². The lowest BCUT2D eigenvalue weighted by atomic mass is 10.0. The first-order valence-corrected chi connectivity index (χ1v) is 4.90. The van der Waals surface area contributed by atoms with Crippen LogP contribution in [0, 0.1) is 5.82 Å². The van der Waals surface area contributed by atoms with E-state index in [-0.39, 0.29) is 24.1 Å². The third-order valence-electron chi connectivity index (χ3n) is 2.33. The lowest BCUT2D eigenvalue weighted by Crippen LogP contribution is -2.01. The number of carbonyl (C=O) groups is 1. The maximum atomic E-state index is 12.7. The van der Waals surface area contributed by atoms with Crippen molar-refractivity contribution in [2.75, 3.05) is 0 Å². The monoisotopic (exact) mass is 234 g/mol. The first kappa shape index (κ1) is 11.1. The zero-order chi connectivity index (χ0) is 12.4. The van der Waals surface area contributed by atoms with Gasteiger partial charge in [0.15, 0.2) is 5.78 Å². The minimum absolute atomic E-state index is 0. The van der Waals surface area contributed by atoms with Crippen LogP contribution in [0.25, 0.3) is 0 Å². The van der Waals surface area contributed by atoms with Gasteiger partial charge < -0.3 is 10.2 Å². The van der Waals surface area contributed by atoms with E-state index in [0.717, 1.165) is 6.07 Å². The molecule has 0 saturated carbocycles. The average Bonchev–Trinajstić information content (AvgIpc) is 2.29. The first-order chi connectivity index (χ1) is 8.08. The molecule has 0 heterocycles. The van der Waals surface area contributed by atoms with Gasteiger partial charge >= 0.3 is 0 Å². The smallest absolute Gasteiger partial charge is 0.196 e. The highest BCUT2D eigenvalue weighted by molar-refractivity contribution is 6.10. The molecule has 0 unspecified atom stereocenters. The maximum absolute atomic E-state index is 12.7. The van der Waals surface area contributed by atoms with Gasteiger partial charge in [-0.2, -0.15) is 0 Å². The minimum Gasteiger partial charge on any atom is -0.508 e. The topological polar surface area (TPSA) is 57.5 Å². The summed E-state index contributed by atoms with van der Waals surface area (Å²) in [6.07, 6.45) is 0. The maximum Gasteiger partial charge on any atom is 0.196 e. The highest BCUT2D eigenvalue weighted by Gasteiger charge is 2.13. The highest BCUT2D eigenvalue weighted by atomic mass is 19.1. The van der Waals surface area contributed by atoms with Gasteiger partial charge in [0.05, 0.1) is 5.56 Å². The Morgan fingerprint density at radius 1 is 1.06 bits per heavy atom. The molecule has 88 valence electrons. The Kier molecular flexibility index (Phi) is 2.78. The lowest BCUT2D eigenvalue weighted by molar-refractivity contribution is 0.103. The number of phenolic OH excluding ortho intramolecular Hbond substituents is 2. The van der Waals surface area contributed by atoms with Gasteiger partial charge in [0.2, 0.25) is 0 Å². The Balaban J connectivity index is 0.00000162. The summed E-state index contributed by atoms with van der Waals surface area (Å²) >= 11 is 0. The van der Waals surface area contributed by atoms with Crippen molar-refractivity contribution in [1.29, 1.82) is 0 Å². The molecule has 2 rings (SSSR count). The molecule has 0 aliphatic rings. The van der Waals surface area contributed by atoms with Crippen molar-refractivity contribution in [3.63, 3.8) is 0 Å². The summed E-state index contributed by atoms with van der Waals surface area (Å²) in [5.74, 6) is -1.29. The number of carbonyl (C=O) groups excluding carboxylic acids is 1. The summed E-state index contributed by atoms with van der Waals surface area (Å²) in [6.45, 7) is 0. The minimum atomic E-state index is -0.434. The number of halogens is 1. The summed E-state index contributed by atoms with van der Waals surface area (Å²) in [6, 6.07) is 8.72. The van der Waals surface area contributed by atoms with Gasteiger partial charge in [-0.15, -0.1) is 0 Å². The molecule has 4 heteroatoms. The van der Waals surface area contributed by atoms with Crippen molar-refractivity contribution in [2.24, 2.45) is 0 Å². The van der Waals surface area contributed by atoms with Crippen LogP contribution in [0.2, 0.25) is 0 Å². The summed E-state index contributed by atoms with van der Waals surface area (Å²) in [5, 5.41) is 18.6. The van der Waals surface area contributed by atoms with E-state index in [9.17, 15) is 14.3 Å². The van der Waals surface area contributed by atoms with Crippen LogP contribution in [0.4, 0.5) is 4.39 Å². The predicted molar refractivity (Wildman–Crippen MR) is 61.7 cm³/mol. The van der Waals surface area contributed by atoms with Crippen LogP contribution in [-0.2, 0) is 0 Å². The first-order valence-electron chi connectivity index (χ1n) is 4.90. The number of benzene rings is 2. The van der Waals surface area contributed by atoms with Crippen LogP contribution in [0.5, 0.6) is 11.5 Å². The normalized spacial score (nSPS) is 10.2. The van der Waals surface area contributed by atoms with E-state index >= 15 is 0 Å². The number of hydrogen-bond donors (Lipinski definition) is 2. The molecule has 0 saturated heterocycles. The van der Waals surface area contributed by atoms with Crippen molar-refractivity contribution in [2.45, 2.75) is 0 Å². The van der Waals surface area contributed by atoms with Crippen molar-refractivity contribution in [1.82, 2.24) is 0 Å². The van der Waals surface area contributed by atoms with E-state index in [1.807, 2.05) is 0 Å². The van der Waals surface area contributed by atoms with E-state index in [4.69, 9.17) is 5.11 Å². The van der Waals surface area contributed by atoms with Crippen LogP contribution in [0.15, 0.2) is 42.5 Å². The Bertz CT molecular complexity index is 567. The molecule has 0 aliphatic carbocycles. The van der Waals surface area contributed by atoms with Crippen molar-refractivity contribution >= 4 is 5.78 Å². The number of ketones is 1. The van der Waals surface area contributed by atoms with Crippen LogP contribution < -0.4 is 0 Å².